The van der Waals surface area contributed by atoms with Gasteiger partial charge in [0.05, 0.1) is 7.11 Å². The Bertz CT molecular complexity index is 682. The van der Waals surface area contributed by atoms with E-state index in [0.717, 1.165) is 32.1 Å². The van der Waals surface area contributed by atoms with Gasteiger partial charge in [0.25, 0.3) is 0 Å². The van der Waals surface area contributed by atoms with Gasteiger partial charge in [-0.25, -0.2) is 9.78 Å². The van der Waals surface area contributed by atoms with E-state index in [-0.39, 0.29) is 17.6 Å². The van der Waals surface area contributed by atoms with Crippen molar-refractivity contribution in [2.45, 2.75) is 76.0 Å². The lowest BCUT2D eigenvalue weighted by Crippen LogP contribution is -2.44. The van der Waals surface area contributed by atoms with Crippen LogP contribution in [-0.2, 0) is 16.6 Å². The number of methoxy groups -OCH3 is 1. The van der Waals surface area contributed by atoms with Crippen LogP contribution < -0.4 is 4.74 Å². The fraction of sp³-hybridized carbons (Fsp3) is 0.684. The maximum Gasteiger partial charge on any atom is 0.410 e. The number of ether oxygens (including phenoxy) is 2. The second-order valence-corrected chi connectivity index (χ2v) is 8.38. The number of aromatic nitrogens is 1. The Kier molecular flexibility index (Phi) is 3.35. The molecule has 1 aromatic rings. The molecule has 5 nitrogen and oxygen atoms in total. The summed E-state index contributed by atoms with van der Waals surface area (Å²) in [6.07, 6.45) is 7.16. The van der Waals surface area contributed by atoms with Crippen LogP contribution in [0.3, 0.4) is 0 Å². The topological polar surface area (TPSA) is 51.7 Å². The number of fused-ring (bicyclic) bond motifs is 5. The van der Waals surface area contributed by atoms with E-state index in [1.54, 1.807) is 7.11 Å². The molecule has 0 aromatic carbocycles. The van der Waals surface area contributed by atoms with Gasteiger partial charge in [0.1, 0.15) is 5.60 Å². The van der Waals surface area contributed by atoms with Crippen LogP contribution >= 0.6 is 0 Å². The smallest absolute Gasteiger partial charge is 0.410 e. The average Bonchev–Trinajstić information content (AvgIpc) is 3.17. The molecule has 0 N–H and O–H groups in total. The van der Waals surface area contributed by atoms with E-state index in [1.165, 1.54) is 11.1 Å². The number of rotatable bonds is 1. The van der Waals surface area contributed by atoms with E-state index < -0.39 is 5.60 Å². The Morgan fingerprint density at radius 1 is 1.38 bits per heavy atom. The molecule has 2 aliphatic heterocycles. The molecule has 1 aromatic heterocycles. The predicted octanol–water partition coefficient (Wildman–Crippen LogP) is 3.45. The highest BCUT2D eigenvalue weighted by Gasteiger charge is 2.60. The van der Waals surface area contributed by atoms with Gasteiger partial charge >= 0.3 is 6.09 Å². The summed E-state index contributed by atoms with van der Waals surface area (Å²) in [5.74, 6) is 0.679. The zero-order chi connectivity index (χ0) is 17.1. The molecule has 0 radical (unpaired) electrons. The lowest BCUT2D eigenvalue weighted by molar-refractivity contribution is 0.0197. The molecule has 5 heteroatoms. The Hall–Kier alpha value is -1.78. The molecule has 24 heavy (non-hydrogen) atoms. The van der Waals surface area contributed by atoms with E-state index in [1.807, 2.05) is 31.9 Å². The molecule has 3 aliphatic rings. The molecule has 3 heterocycles. The van der Waals surface area contributed by atoms with Crippen molar-refractivity contribution in [2.24, 2.45) is 0 Å². The number of carbonyl (C=O) groups excluding carboxylic acids is 1. The number of aryl methyl sites for hydroxylation is 1. The fourth-order valence-corrected chi connectivity index (χ4v) is 5.07. The third-order valence-corrected chi connectivity index (χ3v) is 5.90. The lowest BCUT2D eigenvalue weighted by atomic mass is 9.70. The van der Waals surface area contributed by atoms with Gasteiger partial charge in [-0.3, -0.25) is 0 Å². The molecular weight excluding hydrogens is 304 g/mol. The van der Waals surface area contributed by atoms with Crippen molar-refractivity contribution in [1.82, 2.24) is 9.88 Å². The molecule has 0 saturated carbocycles. The molecule has 1 aliphatic carbocycles. The third kappa shape index (κ3) is 2.20. The van der Waals surface area contributed by atoms with Crippen LogP contribution in [0.5, 0.6) is 5.88 Å². The van der Waals surface area contributed by atoms with Crippen molar-refractivity contribution in [3.63, 3.8) is 0 Å². The number of hydrogen-bond acceptors (Lipinski definition) is 4. The van der Waals surface area contributed by atoms with Gasteiger partial charge in [-0.05, 0) is 64.0 Å². The Balaban J connectivity index is 1.65. The molecule has 130 valence electrons. The van der Waals surface area contributed by atoms with Crippen LogP contribution in [-0.4, -0.2) is 40.8 Å². The lowest BCUT2D eigenvalue weighted by Gasteiger charge is -2.35. The molecule has 2 bridgehead atoms. The number of amides is 1. The van der Waals surface area contributed by atoms with Gasteiger partial charge < -0.3 is 14.4 Å². The number of nitrogens with zero attached hydrogens (tertiary/aromatic N) is 2. The van der Waals surface area contributed by atoms with Gasteiger partial charge in [-0.2, -0.15) is 0 Å². The van der Waals surface area contributed by atoms with Crippen LogP contribution in [0.2, 0.25) is 0 Å². The third-order valence-electron chi connectivity index (χ3n) is 5.90. The van der Waals surface area contributed by atoms with Gasteiger partial charge in [-0.1, -0.05) is 0 Å². The van der Waals surface area contributed by atoms with Crippen molar-refractivity contribution in [3.8, 4) is 5.88 Å². The Morgan fingerprint density at radius 3 is 2.88 bits per heavy atom. The molecule has 3 unspecified atom stereocenters. The maximum absolute atomic E-state index is 12.7. The molecule has 4 rings (SSSR count). The summed E-state index contributed by atoms with van der Waals surface area (Å²) in [4.78, 5) is 19.2. The minimum atomic E-state index is -0.450. The first-order valence-electron chi connectivity index (χ1n) is 8.89. The summed E-state index contributed by atoms with van der Waals surface area (Å²) in [6.45, 7) is 5.79. The summed E-state index contributed by atoms with van der Waals surface area (Å²) < 4.78 is 11.0. The van der Waals surface area contributed by atoms with Crippen molar-refractivity contribution in [2.75, 3.05) is 7.11 Å². The molecule has 2 fully saturated rings. The van der Waals surface area contributed by atoms with Crippen molar-refractivity contribution >= 4 is 6.09 Å². The first-order valence-corrected chi connectivity index (χ1v) is 8.89. The van der Waals surface area contributed by atoms with Crippen LogP contribution in [0, 0.1) is 0 Å². The maximum atomic E-state index is 12.7. The monoisotopic (exact) mass is 330 g/mol. The van der Waals surface area contributed by atoms with E-state index in [9.17, 15) is 4.79 Å². The van der Waals surface area contributed by atoms with Gasteiger partial charge in [0.2, 0.25) is 5.88 Å². The molecule has 1 spiro atoms. The quantitative estimate of drug-likeness (QED) is 0.791. The summed E-state index contributed by atoms with van der Waals surface area (Å²) in [5.41, 5.74) is 2.27. The zero-order valence-electron chi connectivity index (χ0n) is 15.0. The number of pyridine rings is 1. The number of carbonyl (C=O) groups is 1. The molecule has 1 amide bonds. The second-order valence-electron chi connectivity index (χ2n) is 8.38. The minimum Gasteiger partial charge on any atom is -0.481 e. The van der Waals surface area contributed by atoms with E-state index in [0.29, 0.717) is 11.9 Å². The largest absolute Gasteiger partial charge is 0.481 e. The zero-order valence-corrected chi connectivity index (χ0v) is 15.0. The number of hydrogen-bond donors (Lipinski definition) is 0. The van der Waals surface area contributed by atoms with E-state index in [4.69, 9.17) is 9.47 Å². The minimum absolute atomic E-state index is 0.0639. The van der Waals surface area contributed by atoms with Gasteiger partial charge in [0.15, 0.2) is 0 Å². The van der Waals surface area contributed by atoms with Crippen LogP contribution in [0.4, 0.5) is 4.79 Å². The molecular formula is C19H26N2O3. The van der Waals surface area contributed by atoms with Crippen molar-refractivity contribution in [3.05, 3.63) is 23.4 Å². The summed E-state index contributed by atoms with van der Waals surface area (Å²) >= 11 is 0. The standard InChI is InChI=1S/C19H26N2O3/c1-18(2,3)24-17(22)21-13-5-6-15(21)19(10-13)8-7-12-9-16(23-4)20-11-14(12)19/h9,11,13,15H,5-8,10H2,1-4H3. The Morgan fingerprint density at radius 2 is 2.17 bits per heavy atom. The average molecular weight is 330 g/mol. The van der Waals surface area contributed by atoms with Gasteiger partial charge in [-0.15, -0.1) is 0 Å². The predicted molar refractivity (Wildman–Crippen MR) is 90.3 cm³/mol. The molecule has 3 atom stereocenters. The summed E-state index contributed by atoms with van der Waals surface area (Å²) in [5, 5.41) is 0. The first-order chi connectivity index (χ1) is 11.3. The second kappa shape index (κ2) is 5.11. The summed E-state index contributed by atoms with van der Waals surface area (Å²) in [7, 11) is 1.65. The van der Waals surface area contributed by atoms with Crippen LogP contribution in [0.15, 0.2) is 12.3 Å². The first kappa shape index (κ1) is 15.7. The molecule has 2 saturated heterocycles. The van der Waals surface area contributed by atoms with Crippen molar-refractivity contribution in [1.29, 1.82) is 0 Å². The highest BCUT2D eigenvalue weighted by Crippen LogP contribution is 2.57. The summed E-state index contributed by atoms with van der Waals surface area (Å²) in [6, 6.07) is 2.61. The van der Waals surface area contributed by atoms with Gasteiger partial charge in [0, 0.05) is 29.8 Å². The van der Waals surface area contributed by atoms with E-state index >= 15 is 0 Å². The van der Waals surface area contributed by atoms with Crippen LogP contribution in [0.1, 0.15) is 57.6 Å². The highest BCUT2D eigenvalue weighted by atomic mass is 16.6. The normalized spacial score (nSPS) is 30.8. The fourth-order valence-electron chi connectivity index (χ4n) is 5.07. The van der Waals surface area contributed by atoms with E-state index in [2.05, 4.69) is 11.1 Å². The SMILES string of the molecule is COc1cc2c(cn1)C1(CC2)CC2CCC1N2C(=O)OC(C)(C)C. The highest BCUT2D eigenvalue weighted by molar-refractivity contribution is 5.71. The van der Waals surface area contributed by atoms with Crippen molar-refractivity contribution < 1.29 is 14.3 Å². The van der Waals surface area contributed by atoms with Crippen LogP contribution in [0.25, 0.3) is 0 Å². The Labute approximate surface area is 143 Å².